The number of carbonyl (C=O) groups is 2. The molecular weight excluding hydrogens is 252 g/mol. The maximum atomic E-state index is 12.9. The fourth-order valence-corrected chi connectivity index (χ4v) is 3.23. The molecule has 1 aliphatic carbocycles. The first kappa shape index (κ1) is 15.3. The predicted octanol–water partition coefficient (Wildman–Crippen LogP) is 2.33. The van der Waals surface area contributed by atoms with Crippen LogP contribution in [0.1, 0.15) is 60.3 Å². The van der Waals surface area contributed by atoms with Crippen LogP contribution in [0.4, 0.5) is 0 Å². The Kier molecular flexibility index (Phi) is 4.12. The first-order valence-corrected chi connectivity index (χ1v) is 7.93. The van der Waals surface area contributed by atoms with E-state index in [4.69, 9.17) is 0 Å². The van der Waals surface area contributed by atoms with Gasteiger partial charge >= 0.3 is 0 Å². The van der Waals surface area contributed by atoms with Gasteiger partial charge in [0.05, 0.1) is 0 Å². The van der Waals surface area contributed by atoms with Crippen LogP contribution < -0.4 is 5.32 Å². The second kappa shape index (κ2) is 5.38. The predicted molar refractivity (Wildman–Crippen MR) is 79.1 cm³/mol. The van der Waals surface area contributed by atoms with Gasteiger partial charge in [-0.25, -0.2) is 0 Å². The summed E-state index contributed by atoms with van der Waals surface area (Å²) in [5, 5.41) is 2.98. The van der Waals surface area contributed by atoms with E-state index < -0.39 is 6.04 Å². The van der Waals surface area contributed by atoms with Crippen LogP contribution in [0.25, 0.3) is 0 Å². The maximum Gasteiger partial charge on any atom is 0.246 e. The fraction of sp³-hybridized carbons (Fsp3) is 0.875. The van der Waals surface area contributed by atoms with Crippen molar-refractivity contribution >= 4 is 11.8 Å². The van der Waals surface area contributed by atoms with Crippen LogP contribution >= 0.6 is 0 Å². The van der Waals surface area contributed by atoms with Crippen LogP contribution in [0, 0.1) is 11.3 Å². The number of hydrogen-bond acceptors (Lipinski definition) is 2. The normalized spacial score (nSPS) is 28.0. The molecule has 2 fully saturated rings. The van der Waals surface area contributed by atoms with E-state index in [1.54, 1.807) is 0 Å². The lowest BCUT2D eigenvalue weighted by atomic mass is 9.82. The van der Waals surface area contributed by atoms with Gasteiger partial charge in [0.2, 0.25) is 11.8 Å². The van der Waals surface area contributed by atoms with Crippen molar-refractivity contribution in [3.63, 3.8) is 0 Å². The Morgan fingerprint density at radius 1 is 1.20 bits per heavy atom. The molecule has 0 spiro atoms. The van der Waals surface area contributed by atoms with Gasteiger partial charge < -0.3 is 10.2 Å². The van der Waals surface area contributed by atoms with Crippen molar-refractivity contribution in [3.05, 3.63) is 0 Å². The zero-order valence-electron chi connectivity index (χ0n) is 13.4. The molecule has 114 valence electrons. The summed E-state index contributed by atoms with van der Waals surface area (Å²) in [6.45, 7) is 10.2. The molecule has 0 aromatic rings. The molecule has 2 unspecified atom stereocenters. The monoisotopic (exact) mass is 280 g/mol. The summed E-state index contributed by atoms with van der Waals surface area (Å²) in [4.78, 5) is 27.4. The zero-order valence-corrected chi connectivity index (χ0v) is 13.4. The van der Waals surface area contributed by atoms with Gasteiger partial charge in [-0.15, -0.1) is 0 Å². The van der Waals surface area contributed by atoms with E-state index in [-0.39, 0.29) is 29.3 Å². The molecule has 1 saturated carbocycles. The van der Waals surface area contributed by atoms with E-state index in [0.29, 0.717) is 5.92 Å². The minimum atomic E-state index is -0.398. The number of nitrogens with one attached hydrogen (secondary N) is 1. The Morgan fingerprint density at radius 2 is 1.75 bits per heavy atom. The number of carbonyl (C=O) groups excluding carboxylic acids is 2. The Labute approximate surface area is 122 Å². The highest BCUT2D eigenvalue weighted by molar-refractivity contribution is 5.98. The van der Waals surface area contributed by atoms with Crippen molar-refractivity contribution in [1.82, 2.24) is 10.2 Å². The summed E-state index contributed by atoms with van der Waals surface area (Å²) in [6.07, 6.45) is 3.97. The van der Waals surface area contributed by atoms with Gasteiger partial charge in [-0.1, -0.05) is 34.6 Å². The molecule has 1 saturated heterocycles. The molecule has 1 aliphatic heterocycles. The summed E-state index contributed by atoms with van der Waals surface area (Å²) in [7, 11) is 0. The fourth-order valence-electron chi connectivity index (χ4n) is 3.23. The molecule has 20 heavy (non-hydrogen) atoms. The first-order valence-electron chi connectivity index (χ1n) is 7.93. The Bertz CT molecular complexity index is 392. The molecule has 4 nitrogen and oxygen atoms in total. The van der Waals surface area contributed by atoms with Gasteiger partial charge in [-0.2, -0.15) is 0 Å². The van der Waals surface area contributed by atoms with Crippen molar-refractivity contribution in [2.24, 2.45) is 11.3 Å². The van der Waals surface area contributed by atoms with Crippen molar-refractivity contribution in [2.75, 3.05) is 0 Å². The lowest BCUT2D eigenvalue weighted by molar-refractivity contribution is -0.156. The average Bonchev–Trinajstić information content (AvgIpc) is 3.17. The Hall–Kier alpha value is -1.06. The third kappa shape index (κ3) is 2.70. The van der Waals surface area contributed by atoms with Crippen LogP contribution in [-0.2, 0) is 9.59 Å². The SMILES string of the molecule is CCC(CC)N1C(=O)C(C(C)(C)C)NC(=O)C1C1CC1. The van der Waals surface area contributed by atoms with E-state index >= 15 is 0 Å². The lowest BCUT2D eigenvalue weighted by Crippen LogP contribution is -2.69. The average molecular weight is 280 g/mol. The van der Waals surface area contributed by atoms with Crippen LogP contribution in [0.5, 0.6) is 0 Å². The van der Waals surface area contributed by atoms with Gasteiger partial charge in [-0.05, 0) is 37.0 Å². The third-order valence-electron chi connectivity index (χ3n) is 4.63. The van der Waals surface area contributed by atoms with E-state index in [1.807, 2.05) is 25.7 Å². The number of amides is 2. The lowest BCUT2D eigenvalue weighted by Gasteiger charge is -2.46. The molecule has 1 N–H and O–H groups in total. The molecule has 2 aliphatic rings. The molecule has 2 atom stereocenters. The van der Waals surface area contributed by atoms with Crippen molar-refractivity contribution in [3.8, 4) is 0 Å². The molecule has 0 aromatic heterocycles. The van der Waals surface area contributed by atoms with Crippen LogP contribution in [0.3, 0.4) is 0 Å². The second-order valence-electron chi connectivity index (χ2n) is 7.31. The minimum absolute atomic E-state index is 0.0546. The zero-order chi connectivity index (χ0) is 15.1. The summed E-state index contributed by atoms with van der Waals surface area (Å²) in [5.74, 6) is 0.544. The summed E-state index contributed by atoms with van der Waals surface area (Å²) >= 11 is 0. The van der Waals surface area contributed by atoms with Gasteiger partial charge in [-0.3, -0.25) is 9.59 Å². The summed E-state index contributed by atoms with van der Waals surface area (Å²) in [5.41, 5.74) is -0.244. The molecule has 0 aromatic carbocycles. The van der Waals surface area contributed by atoms with Gasteiger partial charge in [0.15, 0.2) is 0 Å². The number of rotatable bonds is 4. The van der Waals surface area contributed by atoms with E-state index in [9.17, 15) is 9.59 Å². The van der Waals surface area contributed by atoms with Crippen LogP contribution in [0.15, 0.2) is 0 Å². The molecule has 2 rings (SSSR count). The molecule has 4 heteroatoms. The van der Waals surface area contributed by atoms with E-state index in [2.05, 4.69) is 19.2 Å². The highest BCUT2D eigenvalue weighted by atomic mass is 16.2. The molecule has 2 amide bonds. The highest BCUT2D eigenvalue weighted by Gasteiger charge is 2.51. The van der Waals surface area contributed by atoms with Crippen molar-refractivity contribution < 1.29 is 9.59 Å². The van der Waals surface area contributed by atoms with Crippen LogP contribution in [0.2, 0.25) is 0 Å². The summed E-state index contributed by atoms with van der Waals surface area (Å²) < 4.78 is 0. The molecule has 0 radical (unpaired) electrons. The molecule has 0 bridgehead atoms. The topological polar surface area (TPSA) is 49.4 Å². The first-order chi connectivity index (χ1) is 9.31. The molecule has 1 heterocycles. The Morgan fingerprint density at radius 3 is 2.15 bits per heavy atom. The Balaban J connectivity index is 2.33. The molecular formula is C16H28N2O2. The summed E-state index contributed by atoms with van der Waals surface area (Å²) in [6, 6.07) is -0.444. The largest absolute Gasteiger partial charge is 0.342 e. The van der Waals surface area contributed by atoms with Gasteiger partial charge in [0, 0.05) is 6.04 Å². The standard InChI is InChI=1S/C16H28N2O2/c1-6-11(7-2)18-12(10-8-9-10)14(19)17-13(15(18)20)16(3,4)5/h10-13H,6-9H2,1-5H3,(H,17,19). The van der Waals surface area contributed by atoms with Crippen molar-refractivity contribution in [1.29, 1.82) is 0 Å². The number of hydrogen-bond donors (Lipinski definition) is 1. The van der Waals surface area contributed by atoms with Gasteiger partial charge in [0.1, 0.15) is 12.1 Å². The number of piperazine rings is 1. The maximum absolute atomic E-state index is 12.9. The van der Waals surface area contributed by atoms with Crippen molar-refractivity contribution in [2.45, 2.75) is 78.4 Å². The van der Waals surface area contributed by atoms with E-state index in [1.165, 1.54) is 0 Å². The minimum Gasteiger partial charge on any atom is -0.342 e. The van der Waals surface area contributed by atoms with Gasteiger partial charge in [0.25, 0.3) is 0 Å². The number of nitrogens with zero attached hydrogens (tertiary/aromatic N) is 1. The van der Waals surface area contributed by atoms with E-state index in [0.717, 1.165) is 25.7 Å². The van der Waals surface area contributed by atoms with Crippen LogP contribution in [-0.4, -0.2) is 34.8 Å². The highest BCUT2D eigenvalue weighted by Crippen LogP contribution is 2.40. The third-order valence-corrected chi connectivity index (χ3v) is 4.63. The smallest absolute Gasteiger partial charge is 0.246 e. The second-order valence-corrected chi connectivity index (χ2v) is 7.31. The quantitative estimate of drug-likeness (QED) is 0.859.